The van der Waals surface area contributed by atoms with Gasteiger partial charge in [-0.3, -0.25) is 0 Å². The maximum Gasteiger partial charge on any atom is 0.335 e. The molecule has 0 aliphatic carbocycles. The third-order valence-corrected chi connectivity index (χ3v) is 4.09. The molecule has 38 heavy (non-hydrogen) atoms. The lowest BCUT2D eigenvalue weighted by atomic mass is 10.2. The Kier molecular flexibility index (Phi) is 27.9. The van der Waals surface area contributed by atoms with Crippen LogP contribution < -0.4 is 0 Å². The number of carbonyl (C=O) groups is 2. The SMILES string of the molecule is CC(O)COC(C)COC(C)CO.CCOCC(C)OCC(C)OCC(C)O.O=C(O)C(O)C(O)C(=O)O. The summed E-state index contributed by atoms with van der Waals surface area (Å²) in [5.41, 5.74) is 0. The number of aliphatic hydroxyl groups is 5. The monoisotopic (exact) mass is 562 g/mol. The normalized spacial score (nSPS) is 17.3. The van der Waals surface area contributed by atoms with Crippen LogP contribution in [-0.2, 0) is 33.3 Å². The summed E-state index contributed by atoms with van der Waals surface area (Å²) in [6, 6.07) is 0. The highest BCUT2D eigenvalue weighted by Crippen LogP contribution is 1.99. The van der Waals surface area contributed by atoms with Crippen LogP contribution in [0.4, 0.5) is 0 Å². The molecular weight excluding hydrogens is 512 g/mol. The zero-order valence-electron chi connectivity index (χ0n) is 23.6. The zero-order chi connectivity index (χ0) is 30.3. The van der Waals surface area contributed by atoms with E-state index < -0.39 is 36.4 Å². The molecule has 0 amide bonds. The molecule has 0 aliphatic heterocycles. The van der Waals surface area contributed by atoms with Crippen molar-refractivity contribution in [3.05, 3.63) is 0 Å². The van der Waals surface area contributed by atoms with Crippen molar-refractivity contribution in [2.75, 3.05) is 46.2 Å². The molecule has 230 valence electrons. The third-order valence-electron chi connectivity index (χ3n) is 4.09. The van der Waals surface area contributed by atoms with E-state index in [0.717, 1.165) is 0 Å². The minimum Gasteiger partial charge on any atom is -0.479 e. The van der Waals surface area contributed by atoms with E-state index in [-0.39, 0.29) is 31.0 Å². The number of carboxylic acids is 2. The second-order valence-electron chi connectivity index (χ2n) is 8.68. The van der Waals surface area contributed by atoms with Crippen molar-refractivity contribution in [2.24, 2.45) is 0 Å². The zero-order valence-corrected chi connectivity index (χ0v) is 23.6. The first kappa shape index (κ1) is 41.0. The highest BCUT2D eigenvalue weighted by Gasteiger charge is 2.29. The molecule has 7 N–H and O–H groups in total. The van der Waals surface area contributed by atoms with Gasteiger partial charge in [0.15, 0.2) is 12.2 Å². The Hall–Kier alpha value is -1.46. The molecule has 0 bridgehead atoms. The molecule has 0 saturated heterocycles. The smallest absolute Gasteiger partial charge is 0.335 e. The van der Waals surface area contributed by atoms with Gasteiger partial charge in [-0.2, -0.15) is 0 Å². The van der Waals surface area contributed by atoms with Gasteiger partial charge in [0.2, 0.25) is 0 Å². The second kappa shape index (κ2) is 25.8. The maximum absolute atomic E-state index is 9.77. The number of rotatable bonds is 19. The van der Waals surface area contributed by atoms with Crippen molar-refractivity contribution in [3.8, 4) is 0 Å². The summed E-state index contributed by atoms with van der Waals surface area (Å²) in [6.07, 6.45) is -5.52. The quantitative estimate of drug-likeness (QED) is 0.103. The van der Waals surface area contributed by atoms with E-state index in [1.807, 2.05) is 27.7 Å². The first-order valence-corrected chi connectivity index (χ1v) is 12.4. The molecule has 0 spiro atoms. The van der Waals surface area contributed by atoms with Gasteiger partial charge in [0, 0.05) is 6.61 Å². The van der Waals surface area contributed by atoms with Gasteiger partial charge in [-0.1, -0.05) is 0 Å². The lowest BCUT2D eigenvalue weighted by molar-refractivity contribution is -0.165. The predicted molar refractivity (Wildman–Crippen MR) is 136 cm³/mol. The fourth-order valence-electron chi connectivity index (χ4n) is 1.96. The number of hydrogen-bond donors (Lipinski definition) is 7. The molecule has 0 aromatic heterocycles. The Bertz CT molecular complexity index is 542. The summed E-state index contributed by atoms with van der Waals surface area (Å²) in [6.45, 7) is 15.9. The van der Waals surface area contributed by atoms with Crippen molar-refractivity contribution in [3.63, 3.8) is 0 Å². The Morgan fingerprint density at radius 3 is 1.18 bits per heavy atom. The molecule has 0 aliphatic rings. The van der Waals surface area contributed by atoms with Crippen LogP contribution in [0.2, 0.25) is 0 Å². The van der Waals surface area contributed by atoms with Gasteiger partial charge in [-0.25, -0.2) is 9.59 Å². The fourth-order valence-corrected chi connectivity index (χ4v) is 1.96. The van der Waals surface area contributed by atoms with Gasteiger partial charge in [-0.15, -0.1) is 0 Å². The van der Waals surface area contributed by atoms with E-state index in [2.05, 4.69) is 0 Å². The topological polar surface area (TPSA) is 222 Å². The molecule has 0 radical (unpaired) electrons. The van der Waals surface area contributed by atoms with E-state index in [0.29, 0.717) is 39.6 Å². The van der Waals surface area contributed by atoms with E-state index in [9.17, 15) is 9.59 Å². The molecule has 14 heteroatoms. The van der Waals surface area contributed by atoms with E-state index in [4.69, 9.17) is 59.4 Å². The summed E-state index contributed by atoms with van der Waals surface area (Å²) in [5, 5.41) is 59.1. The minimum absolute atomic E-state index is 0.00340. The van der Waals surface area contributed by atoms with Crippen LogP contribution in [-0.4, -0.2) is 143 Å². The van der Waals surface area contributed by atoms with Gasteiger partial charge in [-0.05, 0) is 48.5 Å². The number of carboxylic acid groups (broad SMARTS) is 2. The van der Waals surface area contributed by atoms with Crippen molar-refractivity contribution in [2.45, 2.75) is 97.3 Å². The summed E-state index contributed by atoms with van der Waals surface area (Å²) in [4.78, 5) is 19.5. The molecule has 8 atom stereocenters. The molecule has 0 saturated carbocycles. The summed E-state index contributed by atoms with van der Waals surface area (Å²) in [5.74, 6) is -3.54. The first-order valence-electron chi connectivity index (χ1n) is 12.4. The van der Waals surface area contributed by atoms with Crippen LogP contribution in [0.25, 0.3) is 0 Å². The maximum atomic E-state index is 9.77. The lowest BCUT2D eigenvalue weighted by Crippen LogP contribution is -2.39. The van der Waals surface area contributed by atoms with Crippen LogP contribution >= 0.6 is 0 Å². The molecule has 0 fully saturated rings. The standard InChI is InChI=1S/C11H24O4.C9H20O4.C4H6O6/c1-5-13-7-10(3)15-8-11(4)14-6-9(2)12;1-7(11)5-12-9(3)6-13-8(2)4-10;5-1(3(7)8)2(6)4(9)10/h9-12H,5-8H2,1-4H3;7-11H,4-6H2,1-3H3;1-2,5-6H,(H,7,8)(H,9,10). The predicted octanol–water partition coefficient (Wildman–Crippen LogP) is -0.739. The first-order chi connectivity index (χ1) is 17.6. The minimum atomic E-state index is -2.27. The van der Waals surface area contributed by atoms with E-state index in [1.165, 1.54) is 0 Å². The molecule has 8 unspecified atom stereocenters. The van der Waals surface area contributed by atoms with Crippen molar-refractivity contribution < 1.29 is 69.0 Å². The van der Waals surface area contributed by atoms with Gasteiger partial charge >= 0.3 is 11.9 Å². The van der Waals surface area contributed by atoms with E-state index in [1.54, 1.807) is 20.8 Å². The molecule has 14 nitrogen and oxygen atoms in total. The van der Waals surface area contributed by atoms with Crippen molar-refractivity contribution >= 4 is 11.9 Å². The summed E-state index contributed by atoms with van der Waals surface area (Å²) < 4.78 is 26.5. The number of hydrogen-bond acceptors (Lipinski definition) is 12. The van der Waals surface area contributed by atoms with Crippen molar-refractivity contribution in [1.82, 2.24) is 0 Å². The van der Waals surface area contributed by atoms with Crippen LogP contribution in [0.15, 0.2) is 0 Å². The summed E-state index contributed by atoms with van der Waals surface area (Å²) >= 11 is 0. The van der Waals surface area contributed by atoms with Crippen LogP contribution in [0.3, 0.4) is 0 Å². The van der Waals surface area contributed by atoms with E-state index >= 15 is 0 Å². The molecule has 0 rings (SSSR count). The van der Waals surface area contributed by atoms with Gasteiger partial charge in [0.1, 0.15) is 0 Å². The highest BCUT2D eigenvalue weighted by atomic mass is 16.6. The lowest BCUT2D eigenvalue weighted by Gasteiger charge is -2.18. The largest absolute Gasteiger partial charge is 0.479 e. The fraction of sp³-hybridized carbons (Fsp3) is 0.917. The average molecular weight is 563 g/mol. The second-order valence-corrected chi connectivity index (χ2v) is 8.68. The summed E-state index contributed by atoms with van der Waals surface area (Å²) in [7, 11) is 0. The Morgan fingerprint density at radius 1 is 0.579 bits per heavy atom. The van der Waals surface area contributed by atoms with Gasteiger partial charge in [0.25, 0.3) is 0 Å². The molecule has 0 aromatic rings. The van der Waals surface area contributed by atoms with Crippen LogP contribution in [0, 0.1) is 0 Å². The Labute approximate surface area is 225 Å². The molecule has 0 aromatic carbocycles. The highest BCUT2D eigenvalue weighted by molar-refractivity contribution is 5.83. The Balaban J connectivity index is -0.000000494. The molecule has 0 heterocycles. The number of aliphatic hydroxyl groups excluding tert-OH is 5. The number of ether oxygens (including phenoxy) is 5. The van der Waals surface area contributed by atoms with Crippen LogP contribution in [0.1, 0.15) is 48.5 Å². The number of aliphatic carboxylic acids is 2. The van der Waals surface area contributed by atoms with Crippen LogP contribution in [0.5, 0.6) is 0 Å². The van der Waals surface area contributed by atoms with Gasteiger partial charge < -0.3 is 59.4 Å². The molecular formula is C24H50O14. The third kappa shape index (κ3) is 29.1. The van der Waals surface area contributed by atoms with Crippen molar-refractivity contribution in [1.29, 1.82) is 0 Å². The average Bonchev–Trinajstić information content (AvgIpc) is 2.86. The Morgan fingerprint density at radius 2 is 0.895 bits per heavy atom. The van der Waals surface area contributed by atoms with Gasteiger partial charge in [0.05, 0.1) is 76.3 Å².